The number of aromatic nitrogens is 1. The predicted octanol–water partition coefficient (Wildman–Crippen LogP) is 5.25. The Hall–Kier alpha value is -3.41. The van der Waals surface area contributed by atoms with Gasteiger partial charge < -0.3 is 15.4 Å². The fourth-order valence-electron chi connectivity index (χ4n) is 5.22. The van der Waals surface area contributed by atoms with Crippen LogP contribution in [0.25, 0.3) is 22.3 Å². The first-order chi connectivity index (χ1) is 15.3. The number of amides is 1. The van der Waals surface area contributed by atoms with E-state index in [1.54, 1.807) is 12.1 Å². The van der Waals surface area contributed by atoms with Crippen LogP contribution >= 0.6 is 0 Å². The van der Waals surface area contributed by atoms with Gasteiger partial charge in [0.05, 0.1) is 11.3 Å². The lowest BCUT2D eigenvalue weighted by Gasteiger charge is -2.22. The van der Waals surface area contributed by atoms with E-state index in [4.69, 9.17) is 10.3 Å². The molecule has 2 aliphatic rings. The normalized spacial score (nSPS) is 17.4. The summed E-state index contributed by atoms with van der Waals surface area (Å²) in [5, 5.41) is 13.6. The Balaban J connectivity index is 1.79. The van der Waals surface area contributed by atoms with Crippen LogP contribution in [0.1, 0.15) is 74.9 Å². The highest BCUT2D eigenvalue weighted by molar-refractivity contribution is 5.99. The maximum absolute atomic E-state index is 12.7. The number of carbonyl (C=O) groups excluding carboxylic acids is 1. The summed E-state index contributed by atoms with van der Waals surface area (Å²) >= 11 is 0. The highest BCUT2D eigenvalue weighted by Gasteiger charge is 2.33. The molecule has 6 heteroatoms. The number of rotatable bonds is 5. The van der Waals surface area contributed by atoms with Crippen LogP contribution in [0.4, 0.5) is 0 Å². The van der Waals surface area contributed by atoms with E-state index in [0.29, 0.717) is 17.2 Å². The molecule has 2 aliphatic carbocycles. The van der Waals surface area contributed by atoms with Crippen LogP contribution in [0, 0.1) is 19.8 Å². The number of carboxylic acids is 1. The van der Waals surface area contributed by atoms with Crippen molar-refractivity contribution in [2.45, 2.75) is 51.9 Å². The van der Waals surface area contributed by atoms with Crippen LogP contribution < -0.4 is 5.73 Å². The van der Waals surface area contributed by atoms with Gasteiger partial charge in [-0.3, -0.25) is 4.79 Å². The zero-order valence-corrected chi connectivity index (χ0v) is 18.3. The van der Waals surface area contributed by atoms with Gasteiger partial charge in [0.2, 0.25) is 5.91 Å². The quantitative estimate of drug-likeness (QED) is 0.575. The van der Waals surface area contributed by atoms with Gasteiger partial charge in [-0.1, -0.05) is 24.1 Å². The number of aromatic carboxylic acids is 1. The van der Waals surface area contributed by atoms with E-state index < -0.39 is 11.9 Å². The highest BCUT2D eigenvalue weighted by Crippen LogP contribution is 2.48. The molecule has 0 spiro atoms. The molecule has 164 valence electrons. The summed E-state index contributed by atoms with van der Waals surface area (Å²) in [7, 11) is 0. The molecule has 1 unspecified atom stereocenters. The molecule has 3 aromatic rings. The number of carboxylic acid groups (broad SMARTS) is 1. The Morgan fingerprint density at radius 2 is 1.91 bits per heavy atom. The lowest BCUT2D eigenvalue weighted by atomic mass is 9.82. The molecule has 5 rings (SSSR count). The second kappa shape index (κ2) is 7.62. The van der Waals surface area contributed by atoms with E-state index in [-0.39, 0.29) is 11.5 Å². The van der Waals surface area contributed by atoms with Gasteiger partial charge in [-0.25, -0.2) is 4.79 Å². The Morgan fingerprint density at radius 1 is 1.12 bits per heavy atom. The molecule has 6 nitrogen and oxygen atoms in total. The van der Waals surface area contributed by atoms with Crippen LogP contribution in [0.2, 0.25) is 0 Å². The molecule has 0 radical (unpaired) electrons. The maximum Gasteiger partial charge on any atom is 0.335 e. The van der Waals surface area contributed by atoms with Crippen molar-refractivity contribution in [3.8, 4) is 22.3 Å². The average molecular weight is 431 g/mol. The summed E-state index contributed by atoms with van der Waals surface area (Å²) < 4.78 is 5.38. The molecular formula is C26H26N2O4. The molecule has 1 amide bonds. The minimum atomic E-state index is -0.936. The fourth-order valence-corrected chi connectivity index (χ4v) is 5.22. The number of nitrogens with two attached hydrogens (primary N) is 1. The van der Waals surface area contributed by atoms with E-state index in [1.807, 2.05) is 26.0 Å². The highest BCUT2D eigenvalue weighted by atomic mass is 16.5. The molecule has 3 N–H and O–H groups in total. The van der Waals surface area contributed by atoms with Crippen molar-refractivity contribution in [3.05, 3.63) is 64.0 Å². The first-order valence-electron chi connectivity index (χ1n) is 11.1. The number of nitrogens with zero attached hydrogens (tertiary/aromatic N) is 1. The van der Waals surface area contributed by atoms with E-state index >= 15 is 0 Å². The van der Waals surface area contributed by atoms with Crippen molar-refractivity contribution >= 4 is 11.9 Å². The smallest absolute Gasteiger partial charge is 0.335 e. The van der Waals surface area contributed by atoms with Gasteiger partial charge in [0.15, 0.2) is 0 Å². The monoisotopic (exact) mass is 430 g/mol. The molecule has 1 fully saturated rings. The second-order valence-corrected chi connectivity index (χ2v) is 9.14. The summed E-state index contributed by atoms with van der Waals surface area (Å²) in [4.78, 5) is 24.3. The van der Waals surface area contributed by atoms with Crippen molar-refractivity contribution < 1.29 is 19.2 Å². The largest absolute Gasteiger partial charge is 0.478 e. The molecule has 1 aromatic heterocycles. The van der Waals surface area contributed by atoms with Crippen LogP contribution in [0.5, 0.6) is 0 Å². The standard InChI is InChI=1S/C26H26N2O4/c1-13-23(14(2)32-28-13)19-11-21-20-8-7-18(26(30)31)10-16(20)5-6-17(9-15-3-4-15)24(21)22(12-19)25(27)29/h7-8,10-12,15,17H,3-6,9H2,1-2H3,(H2,27,29)(H,30,31). The molecule has 2 aromatic carbocycles. The second-order valence-electron chi connectivity index (χ2n) is 9.14. The van der Waals surface area contributed by atoms with Crippen molar-refractivity contribution in [1.29, 1.82) is 0 Å². The molecule has 32 heavy (non-hydrogen) atoms. The Kier molecular flexibility index (Phi) is 4.88. The zero-order chi connectivity index (χ0) is 22.6. The van der Waals surface area contributed by atoms with Gasteiger partial charge in [-0.2, -0.15) is 0 Å². The predicted molar refractivity (Wildman–Crippen MR) is 121 cm³/mol. The SMILES string of the molecule is Cc1noc(C)c1-c1cc(C(N)=O)c2c(c1)-c1ccc(C(=O)O)cc1CCC2CC1CC1. The topological polar surface area (TPSA) is 106 Å². The molecule has 0 aliphatic heterocycles. The van der Waals surface area contributed by atoms with Gasteiger partial charge in [0.1, 0.15) is 5.76 Å². The Labute approximate surface area is 186 Å². The van der Waals surface area contributed by atoms with Crippen molar-refractivity contribution in [3.63, 3.8) is 0 Å². The van der Waals surface area contributed by atoms with Gasteiger partial charge >= 0.3 is 5.97 Å². The number of hydrogen-bond donors (Lipinski definition) is 2. The third-order valence-corrected chi connectivity index (χ3v) is 6.90. The first kappa shape index (κ1) is 20.5. The van der Waals surface area contributed by atoms with Crippen LogP contribution in [0.15, 0.2) is 34.9 Å². The van der Waals surface area contributed by atoms with Gasteiger partial charge in [0.25, 0.3) is 0 Å². The van der Waals surface area contributed by atoms with Crippen molar-refractivity contribution in [2.24, 2.45) is 11.7 Å². The Bertz CT molecular complexity index is 1230. The van der Waals surface area contributed by atoms with Crippen molar-refractivity contribution in [2.75, 3.05) is 0 Å². The fraction of sp³-hybridized carbons (Fsp3) is 0.346. The van der Waals surface area contributed by atoms with Gasteiger partial charge in [-0.15, -0.1) is 0 Å². The van der Waals surface area contributed by atoms with E-state index in [9.17, 15) is 14.7 Å². The van der Waals surface area contributed by atoms with Crippen LogP contribution in [-0.4, -0.2) is 22.1 Å². The molecule has 0 saturated heterocycles. The average Bonchev–Trinajstić information content (AvgIpc) is 3.54. The zero-order valence-electron chi connectivity index (χ0n) is 18.3. The number of fused-ring (bicyclic) bond motifs is 3. The third-order valence-electron chi connectivity index (χ3n) is 6.90. The molecule has 1 saturated carbocycles. The van der Waals surface area contributed by atoms with E-state index in [1.165, 1.54) is 12.8 Å². The van der Waals surface area contributed by atoms with Crippen molar-refractivity contribution in [1.82, 2.24) is 5.16 Å². The van der Waals surface area contributed by atoms with Crippen LogP contribution in [0.3, 0.4) is 0 Å². The molecule has 1 atom stereocenters. The molecule has 0 bridgehead atoms. The summed E-state index contributed by atoms with van der Waals surface area (Å²) in [6.07, 6.45) is 5.11. The minimum Gasteiger partial charge on any atom is -0.478 e. The summed E-state index contributed by atoms with van der Waals surface area (Å²) in [5.74, 6) is 0.198. The lowest BCUT2D eigenvalue weighted by molar-refractivity contribution is 0.0696. The number of aryl methyl sites for hydroxylation is 3. The first-order valence-corrected chi connectivity index (χ1v) is 11.1. The minimum absolute atomic E-state index is 0.208. The third kappa shape index (κ3) is 3.49. The van der Waals surface area contributed by atoms with E-state index in [0.717, 1.165) is 58.3 Å². The maximum atomic E-state index is 12.7. The number of carbonyl (C=O) groups is 2. The number of primary amides is 1. The molecular weight excluding hydrogens is 404 g/mol. The summed E-state index contributed by atoms with van der Waals surface area (Å²) in [6, 6.07) is 9.26. The summed E-state index contributed by atoms with van der Waals surface area (Å²) in [5.41, 5.74) is 13.1. The molecule has 1 heterocycles. The lowest BCUT2D eigenvalue weighted by Crippen LogP contribution is -2.17. The summed E-state index contributed by atoms with van der Waals surface area (Å²) in [6.45, 7) is 3.73. The number of hydrogen-bond acceptors (Lipinski definition) is 4. The Morgan fingerprint density at radius 3 is 2.53 bits per heavy atom. The van der Waals surface area contributed by atoms with Gasteiger partial charge in [0, 0.05) is 11.1 Å². The number of benzene rings is 2. The van der Waals surface area contributed by atoms with E-state index in [2.05, 4.69) is 11.2 Å². The van der Waals surface area contributed by atoms with Crippen LogP contribution in [-0.2, 0) is 6.42 Å². The van der Waals surface area contributed by atoms with Gasteiger partial charge in [-0.05, 0) is 97.0 Å².